The van der Waals surface area contributed by atoms with Crippen LogP contribution in [0.25, 0.3) is 0 Å². The monoisotopic (exact) mass is 468 g/mol. The molecule has 9 heteroatoms. The molecule has 1 aliphatic rings. The summed E-state index contributed by atoms with van der Waals surface area (Å²) in [6.45, 7) is 3.82. The standard InChI is InChI=1S/C19H21BrN2O5S/c1-14(19(23)22-9-11-26-12-10-22)27-17-5-7-18(8-6-17)28(24,25)21-16-4-2-3-15(20)13-16/h2-8,13-14,21H,9-12H2,1H3/t14-/m1/s1. The molecule has 1 aliphatic heterocycles. The average molecular weight is 469 g/mol. The predicted octanol–water partition coefficient (Wildman–Crippen LogP) is 2.88. The third kappa shape index (κ3) is 5.24. The smallest absolute Gasteiger partial charge is 0.263 e. The van der Waals surface area contributed by atoms with Crippen LogP contribution in [-0.4, -0.2) is 51.6 Å². The van der Waals surface area contributed by atoms with Crippen LogP contribution in [0.3, 0.4) is 0 Å². The molecule has 0 saturated carbocycles. The molecule has 150 valence electrons. The lowest BCUT2D eigenvalue weighted by molar-refractivity contribution is -0.142. The van der Waals surface area contributed by atoms with Gasteiger partial charge in [-0.25, -0.2) is 8.42 Å². The molecule has 1 saturated heterocycles. The molecule has 0 bridgehead atoms. The molecule has 1 amide bonds. The first-order valence-corrected chi connectivity index (χ1v) is 11.0. The van der Waals surface area contributed by atoms with E-state index in [1.165, 1.54) is 12.1 Å². The summed E-state index contributed by atoms with van der Waals surface area (Å²) in [5.41, 5.74) is 0.458. The summed E-state index contributed by atoms with van der Waals surface area (Å²) in [4.78, 5) is 14.2. The maximum Gasteiger partial charge on any atom is 0.263 e. The molecule has 1 fully saturated rings. The Morgan fingerprint density at radius 1 is 1.18 bits per heavy atom. The van der Waals surface area contributed by atoms with Crippen LogP contribution in [0.5, 0.6) is 5.75 Å². The normalized spacial score (nSPS) is 15.7. The number of carbonyl (C=O) groups is 1. The zero-order chi connectivity index (χ0) is 20.1. The number of halogens is 1. The molecule has 0 radical (unpaired) electrons. The Hall–Kier alpha value is -2.10. The van der Waals surface area contributed by atoms with Crippen LogP contribution < -0.4 is 9.46 Å². The molecule has 7 nitrogen and oxygen atoms in total. The van der Waals surface area contributed by atoms with E-state index in [1.54, 1.807) is 42.2 Å². The lowest BCUT2D eigenvalue weighted by Gasteiger charge is -2.29. The number of nitrogens with one attached hydrogen (secondary N) is 1. The molecule has 1 atom stereocenters. The minimum atomic E-state index is -3.72. The van der Waals surface area contributed by atoms with Crippen LogP contribution >= 0.6 is 15.9 Å². The number of benzene rings is 2. The molecule has 1 N–H and O–H groups in total. The van der Waals surface area contributed by atoms with E-state index in [0.717, 1.165) is 4.47 Å². The van der Waals surface area contributed by atoms with Crippen LogP contribution in [0.1, 0.15) is 6.92 Å². The van der Waals surface area contributed by atoms with Gasteiger partial charge in [0, 0.05) is 23.2 Å². The summed E-state index contributed by atoms with van der Waals surface area (Å²) in [6, 6.07) is 12.9. The fourth-order valence-corrected chi connectivity index (χ4v) is 4.21. The van der Waals surface area contributed by atoms with Gasteiger partial charge in [-0.3, -0.25) is 9.52 Å². The number of rotatable bonds is 6. The van der Waals surface area contributed by atoms with E-state index in [1.807, 2.05) is 6.07 Å². The van der Waals surface area contributed by atoms with E-state index < -0.39 is 16.1 Å². The largest absolute Gasteiger partial charge is 0.481 e. The Morgan fingerprint density at radius 2 is 1.86 bits per heavy atom. The van der Waals surface area contributed by atoms with Crippen molar-refractivity contribution in [1.29, 1.82) is 0 Å². The SMILES string of the molecule is C[C@@H](Oc1ccc(S(=O)(=O)Nc2cccc(Br)c2)cc1)C(=O)N1CCOCC1. The van der Waals surface area contributed by atoms with Crippen LogP contribution in [-0.2, 0) is 19.6 Å². The molecule has 0 unspecified atom stereocenters. The fraction of sp³-hybridized carbons (Fsp3) is 0.316. The third-order valence-electron chi connectivity index (χ3n) is 4.19. The maximum absolute atomic E-state index is 12.5. The summed E-state index contributed by atoms with van der Waals surface area (Å²) in [6.07, 6.45) is -0.666. The summed E-state index contributed by atoms with van der Waals surface area (Å²) in [5.74, 6) is 0.312. The van der Waals surface area contributed by atoms with Gasteiger partial charge in [-0.15, -0.1) is 0 Å². The van der Waals surface area contributed by atoms with E-state index in [0.29, 0.717) is 37.7 Å². The van der Waals surface area contributed by atoms with Gasteiger partial charge in [-0.1, -0.05) is 22.0 Å². The van der Waals surface area contributed by atoms with Crippen LogP contribution in [0.15, 0.2) is 57.9 Å². The number of sulfonamides is 1. The van der Waals surface area contributed by atoms with Crippen LogP contribution in [0.2, 0.25) is 0 Å². The number of amides is 1. The first kappa shape index (κ1) is 20.6. The van der Waals surface area contributed by atoms with Gasteiger partial charge in [0.2, 0.25) is 0 Å². The quantitative estimate of drug-likeness (QED) is 0.704. The van der Waals surface area contributed by atoms with E-state index in [-0.39, 0.29) is 10.8 Å². The lowest BCUT2D eigenvalue weighted by atomic mass is 10.3. The predicted molar refractivity (Wildman–Crippen MR) is 109 cm³/mol. The third-order valence-corrected chi connectivity index (χ3v) is 6.08. The number of ether oxygens (including phenoxy) is 2. The van der Waals surface area contributed by atoms with E-state index in [2.05, 4.69) is 20.7 Å². The molecular formula is C19H21BrN2O5S. The lowest BCUT2D eigenvalue weighted by Crippen LogP contribution is -2.46. The average Bonchev–Trinajstić information content (AvgIpc) is 2.68. The van der Waals surface area contributed by atoms with Gasteiger partial charge in [0.15, 0.2) is 6.10 Å². The van der Waals surface area contributed by atoms with Crippen molar-refractivity contribution in [3.8, 4) is 5.75 Å². The highest BCUT2D eigenvalue weighted by Gasteiger charge is 2.24. The highest BCUT2D eigenvalue weighted by atomic mass is 79.9. The molecule has 28 heavy (non-hydrogen) atoms. The molecule has 0 spiro atoms. The number of carbonyl (C=O) groups excluding carboxylic acids is 1. The molecule has 2 aromatic carbocycles. The Bertz CT molecular complexity index is 928. The minimum absolute atomic E-state index is 0.104. The van der Waals surface area contributed by atoms with Crippen molar-refractivity contribution in [2.45, 2.75) is 17.9 Å². The van der Waals surface area contributed by atoms with Gasteiger partial charge < -0.3 is 14.4 Å². The molecule has 2 aromatic rings. The maximum atomic E-state index is 12.5. The van der Waals surface area contributed by atoms with Crippen molar-refractivity contribution in [2.75, 3.05) is 31.0 Å². The highest BCUT2D eigenvalue weighted by Crippen LogP contribution is 2.22. The minimum Gasteiger partial charge on any atom is -0.481 e. The number of morpholine rings is 1. The van der Waals surface area contributed by atoms with Gasteiger partial charge in [-0.2, -0.15) is 0 Å². The van der Waals surface area contributed by atoms with E-state index in [4.69, 9.17) is 9.47 Å². The van der Waals surface area contributed by atoms with Crippen molar-refractivity contribution >= 4 is 37.5 Å². The first-order chi connectivity index (χ1) is 13.3. The van der Waals surface area contributed by atoms with Crippen molar-refractivity contribution in [1.82, 2.24) is 4.90 Å². The summed E-state index contributed by atoms with van der Waals surface area (Å²) < 4.78 is 39.3. The first-order valence-electron chi connectivity index (χ1n) is 8.77. The second kappa shape index (κ2) is 8.93. The zero-order valence-corrected chi connectivity index (χ0v) is 17.7. The van der Waals surface area contributed by atoms with Gasteiger partial charge in [0.1, 0.15) is 5.75 Å². The molecule has 0 aliphatic carbocycles. The van der Waals surface area contributed by atoms with Gasteiger partial charge in [0.25, 0.3) is 15.9 Å². The summed E-state index contributed by atoms with van der Waals surface area (Å²) >= 11 is 3.31. The van der Waals surface area contributed by atoms with E-state index >= 15 is 0 Å². The molecule has 3 rings (SSSR count). The number of nitrogens with zero attached hydrogens (tertiary/aromatic N) is 1. The number of hydrogen-bond donors (Lipinski definition) is 1. The number of hydrogen-bond acceptors (Lipinski definition) is 5. The van der Waals surface area contributed by atoms with Crippen LogP contribution in [0.4, 0.5) is 5.69 Å². The molecule has 1 heterocycles. The van der Waals surface area contributed by atoms with E-state index in [9.17, 15) is 13.2 Å². The Labute approximate surface area is 172 Å². The van der Waals surface area contributed by atoms with Crippen LogP contribution in [0, 0.1) is 0 Å². The van der Waals surface area contributed by atoms with Gasteiger partial charge >= 0.3 is 0 Å². The zero-order valence-electron chi connectivity index (χ0n) is 15.3. The highest BCUT2D eigenvalue weighted by molar-refractivity contribution is 9.10. The molecular weight excluding hydrogens is 448 g/mol. The fourth-order valence-electron chi connectivity index (χ4n) is 2.76. The van der Waals surface area contributed by atoms with Crippen molar-refractivity contribution in [3.63, 3.8) is 0 Å². The topological polar surface area (TPSA) is 84.9 Å². The Morgan fingerprint density at radius 3 is 2.50 bits per heavy atom. The Kier molecular flexibility index (Phi) is 6.58. The second-order valence-corrected chi connectivity index (χ2v) is 8.88. The van der Waals surface area contributed by atoms with Crippen molar-refractivity contribution < 1.29 is 22.7 Å². The Balaban J connectivity index is 1.64. The van der Waals surface area contributed by atoms with Gasteiger partial charge in [-0.05, 0) is 49.4 Å². The van der Waals surface area contributed by atoms with Gasteiger partial charge in [0.05, 0.1) is 18.1 Å². The van der Waals surface area contributed by atoms with Crippen molar-refractivity contribution in [3.05, 3.63) is 53.0 Å². The number of anilines is 1. The summed E-state index contributed by atoms with van der Waals surface area (Å²) in [5, 5.41) is 0. The molecule has 0 aromatic heterocycles. The van der Waals surface area contributed by atoms with Crippen molar-refractivity contribution in [2.24, 2.45) is 0 Å². The summed E-state index contributed by atoms with van der Waals surface area (Å²) in [7, 11) is -3.72. The second-order valence-electron chi connectivity index (χ2n) is 6.28.